The quantitative estimate of drug-likeness (QED) is 0.556. The van der Waals surface area contributed by atoms with Crippen LogP contribution in [0.25, 0.3) is 21.6 Å². The van der Waals surface area contributed by atoms with Crippen molar-refractivity contribution < 1.29 is 9.84 Å². The molecule has 2 heterocycles. The maximum Gasteiger partial charge on any atom is 0.260 e. The predicted molar refractivity (Wildman–Crippen MR) is 108 cm³/mol. The lowest BCUT2D eigenvalue weighted by atomic mass is 9.89. The summed E-state index contributed by atoms with van der Waals surface area (Å²) < 4.78 is 5.86. The summed E-state index contributed by atoms with van der Waals surface area (Å²) in [5.41, 5.74) is 1.81. The van der Waals surface area contributed by atoms with Gasteiger partial charge < -0.3 is 14.8 Å². The molecule has 0 saturated heterocycles. The number of benzene rings is 1. The van der Waals surface area contributed by atoms with Crippen LogP contribution in [-0.4, -0.2) is 22.2 Å². The number of aryl methyl sites for hydroxylation is 1. The Morgan fingerprint density at radius 2 is 2.24 bits per heavy atom. The number of nitrogens with zero attached hydrogens (tertiary/aromatic N) is 1. The molecule has 130 valence electrons. The van der Waals surface area contributed by atoms with Gasteiger partial charge in [0.2, 0.25) is 0 Å². The molecule has 1 unspecified atom stereocenters. The van der Waals surface area contributed by atoms with E-state index in [1.807, 2.05) is 22.6 Å². The number of nitrogens with one attached hydrogen (secondary N) is 1. The summed E-state index contributed by atoms with van der Waals surface area (Å²) in [6, 6.07) is 3.48. The number of hydrogen-bond donors (Lipinski definition) is 2. The molecule has 0 amide bonds. The normalized spacial score (nSPS) is 16.8. The third-order valence-corrected chi connectivity index (χ3v) is 6.66. The first-order valence-electron chi connectivity index (χ1n) is 8.09. The van der Waals surface area contributed by atoms with E-state index in [4.69, 9.17) is 9.72 Å². The van der Waals surface area contributed by atoms with E-state index in [9.17, 15) is 9.90 Å². The van der Waals surface area contributed by atoms with Crippen molar-refractivity contribution in [2.24, 2.45) is 5.92 Å². The number of aromatic amines is 1. The number of aromatic nitrogens is 2. The number of halogens is 1. The van der Waals surface area contributed by atoms with Crippen LogP contribution in [-0.2, 0) is 12.8 Å². The molecular weight excluding hydrogens is 451 g/mol. The van der Waals surface area contributed by atoms with Crippen LogP contribution in [0.15, 0.2) is 16.9 Å². The number of phenolic OH excluding ortho intramolecular Hbond substituents is 1. The summed E-state index contributed by atoms with van der Waals surface area (Å²) in [6.07, 6.45) is 3.09. The van der Waals surface area contributed by atoms with Crippen LogP contribution in [0.5, 0.6) is 11.5 Å². The number of phenols is 1. The van der Waals surface area contributed by atoms with Crippen LogP contribution >= 0.6 is 33.9 Å². The van der Waals surface area contributed by atoms with Gasteiger partial charge in [-0.3, -0.25) is 4.79 Å². The predicted octanol–water partition coefficient (Wildman–Crippen LogP) is 4.10. The topological polar surface area (TPSA) is 75.2 Å². The molecule has 0 fully saturated rings. The summed E-state index contributed by atoms with van der Waals surface area (Å²) in [4.78, 5) is 22.4. The fourth-order valence-corrected chi connectivity index (χ4v) is 5.34. The highest BCUT2D eigenvalue weighted by molar-refractivity contribution is 14.1. The molecule has 0 aliphatic heterocycles. The van der Waals surface area contributed by atoms with E-state index in [2.05, 4.69) is 11.9 Å². The fourth-order valence-electron chi connectivity index (χ4n) is 3.35. The zero-order chi connectivity index (χ0) is 17.7. The number of fused-ring (bicyclic) bond motifs is 3. The van der Waals surface area contributed by atoms with E-state index in [0.29, 0.717) is 21.1 Å². The smallest absolute Gasteiger partial charge is 0.260 e. The fraction of sp³-hybridized carbons (Fsp3) is 0.333. The Bertz CT molecular complexity index is 1040. The van der Waals surface area contributed by atoms with Crippen LogP contribution in [0.3, 0.4) is 0 Å². The highest BCUT2D eigenvalue weighted by Gasteiger charge is 2.23. The van der Waals surface area contributed by atoms with Crippen molar-refractivity contribution in [3.8, 4) is 22.9 Å². The summed E-state index contributed by atoms with van der Waals surface area (Å²) >= 11 is 3.67. The molecule has 0 saturated carbocycles. The van der Waals surface area contributed by atoms with E-state index < -0.39 is 0 Å². The molecule has 1 aromatic carbocycles. The molecule has 7 heteroatoms. The van der Waals surface area contributed by atoms with Crippen molar-refractivity contribution in [1.29, 1.82) is 0 Å². The van der Waals surface area contributed by atoms with Gasteiger partial charge in [0.05, 0.1) is 16.1 Å². The van der Waals surface area contributed by atoms with Crippen molar-refractivity contribution >= 4 is 44.1 Å². The van der Waals surface area contributed by atoms with Crippen molar-refractivity contribution in [1.82, 2.24) is 9.97 Å². The average Bonchev–Trinajstić information content (AvgIpc) is 2.94. The van der Waals surface area contributed by atoms with E-state index in [1.165, 1.54) is 17.6 Å². The largest absolute Gasteiger partial charge is 0.504 e. The molecule has 0 bridgehead atoms. The monoisotopic (exact) mass is 468 g/mol. The summed E-state index contributed by atoms with van der Waals surface area (Å²) in [5, 5.41) is 10.8. The third-order valence-electron chi connectivity index (χ3n) is 4.69. The molecule has 2 aromatic heterocycles. The molecule has 0 spiro atoms. The Morgan fingerprint density at radius 3 is 3.00 bits per heavy atom. The first-order valence-corrected chi connectivity index (χ1v) is 9.99. The van der Waals surface area contributed by atoms with Gasteiger partial charge in [0.15, 0.2) is 11.5 Å². The lowest BCUT2D eigenvalue weighted by Crippen LogP contribution is -2.13. The lowest BCUT2D eigenvalue weighted by molar-refractivity contribution is 0.372. The Kier molecular flexibility index (Phi) is 4.23. The van der Waals surface area contributed by atoms with E-state index in [0.717, 1.165) is 35.0 Å². The third kappa shape index (κ3) is 2.83. The van der Waals surface area contributed by atoms with Gasteiger partial charge >= 0.3 is 0 Å². The minimum Gasteiger partial charge on any atom is -0.504 e. The maximum absolute atomic E-state index is 12.7. The molecule has 5 nitrogen and oxygen atoms in total. The van der Waals surface area contributed by atoms with Crippen LogP contribution in [0.1, 0.15) is 23.8 Å². The van der Waals surface area contributed by atoms with Gasteiger partial charge in [-0.2, -0.15) is 0 Å². The van der Waals surface area contributed by atoms with E-state index in [1.54, 1.807) is 23.5 Å². The second-order valence-electron chi connectivity index (χ2n) is 6.46. The maximum atomic E-state index is 12.7. The second-order valence-corrected chi connectivity index (χ2v) is 8.70. The molecule has 4 rings (SSSR count). The highest BCUT2D eigenvalue weighted by atomic mass is 127. The number of thiophene rings is 1. The van der Waals surface area contributed by atoms with Crippen LogP contribution in [0.4, 0.5) is 0 Å². The first kappa shape index (κ1) is 16.8. The molecule has 1 aliphatic rings. The number of rotatable bonds is 2. The molecule has 0 radical (unpaired) electrons. The number of ether oxygens (including phenoxy) is 1. The first-order chi connectivity index (χ1) is 12.0. The van der Waals surface area contributed by atoms with Crippen LogP contribution in [0, 0.1) is 9.49 Å². The Balaban J connectivity index is 1.90. The molecule has 1 atom stereocenters. The Morgan fingerprint density at radius 1 is 1.44 bits per heavy atom. The molecule has 25 heavy (non-hydrogen) atoms. The van der Waals surface area contributed by atoms with Gasteiger partial charge in [-0.25, -0.2) is 4.98 Å². The standard InChI is InChI=1S/C18H17IN2O3S/c1-8-3-4-10-13(5-8)25-18-14(10)17(23)20-16(21-18)9-6-11(19)15(22)12(7-9)24-2/h6-8,22H,3-5H2,1-2H3,(H,20,21,23). The van der Waals surface area contributed by atoms with Crippen molar-refractivity contribution in [3.05, 3.63) is 36.5 Å². The number of H-pyrrole nitrogens is 1. The van der Waals surface area contributed by atoms with Gasteiger partial charge in [-0.05, 0) is 65.5 Å². The van der Waals surface area contributed by atoms with Crippen LogP contribution < -0.4 is 10.3 Å². The average molecular weight is 468 g/mol. The Labute approximate surface area is 162 Å². The Hall–Kier alpha value is -1.61. The van der Waals surface area contributed by atoms with Crippen molar-refractivity contribution in [3.63, 3.8) is 0 Å². The minimum atomic E-state index is -0.0888. The number of methoxy groups -OCH3 is 1. The van der Waals surface area contributed by atoms with Gasteiger partial charge in [-0.15, -0.1) is 11.3 Å². The SMILES string of the molecule is COc1cc(-c2nc3sc4c(c3c(=O)[nH]2)CCC(C)C4)cc(I)c1O. The van der Waals surface area contributed by atoms with Gasteiger partial charge in [0.25, 0.3) is 5.56 Å². The van der Waals surface area contributed by atoms with E-state index >= 15 is 0 Å². The van der Waals surface area contributed by atoms with Crippen molar-refractivity contribution in [2.75, 3.05) is 7.11 Å². The summed E-state index contributed by atoms with van der Waals surface area (Å²) in [6.45, 7) is 2.25. The van der Waals surface area contributed by atoms with Gasteiger partial charge in [-0.1, -0.05) is 6.92 Å². The van der Waals surface area contributed by atoms with Gasteiger partial charge in [0, 0.05) is 10.4 Å². The van der Waals surface area contributed by atoms with E-state index in [-0.39, 0.29) is 11.3 Å². The van der Waals surface area contributed by atoms with Crippen molar-refractivity contribution in [2.45, 2.75) is 26.2 Å². The summed E-state index contributed by atoms with van der Waals surface area (Å²) in [7, 11) is 1.50. The second kappa shape index (κ2) is 6.28. The summed E-state index contributed by atoms with van der Waals surface area (Å²) in [5.74, 6) is 1.61. The number of hydrogen-bond acceptors (Lipinski definition) is 5. The highest BCUT2D eigenvalue weighted by Crippen LogP contribution is 2.38. The zero-order valence-electron chi connectivity index (χ0n) is 13.9. The number of aromatic hydroxyl groups is 1. The van der Waals surface area contributed by atoms with Gasteiger partial charge in [0.1, 0.15) is 10.7 Å². The van der Waals surface area contributed by atoms with Crippen LogP contribution in [0.2, 0.25) is 0 Å². The zero-order valence-corrected chi connectivity index (χ0v) is 16.8. The molecular formula is C18H17IN2O3S. The molecule has 1 aliphatic carbocycles. The molecule has 3 aromatic rings. The lowest BCUT2D eigenvalue weighted by Gasteiger charge is -2.17. The molecule has 2 N–H and O–H groups in total. The minimum absolute atomic E-state index is 0.0888.